The Hall–Kier alpha value is -1.85. The summed E-state index contributed by atoms with van der Waals surface area (Å²) in [5.41, 5.74) is 1.88. The third kappa shape index (κ3) is 3.25. The monoisotopic (exact) mass is 301 g/mol. The van der Waals surface area contributed by atoms with E-state index in [0.29, 0.717) is 0 Å². The quantitative estimate of drug-likeness (QED) is 0.780. The molecule has 1 aromatic carbocycles. The minimum atomic E-state index is -0.306. The van der Waals surface area contributed by atoms with E-state index in [0.717, 1.165) is 29.1 Å². The van der Waals surface area contributed by atoms with Gasteiger partial charge in [0.15, 0.2) is 0 Å². The molecule has 21 heavy (non-hydrogen) atoms. The number of para-hydroxylation sites is 1. The highest BCUT2D eigenvalue weighted by Crippen LogP contribution is 2.26. The first-order chi connectivity index (χ1) is 10.3. The largest absolute Gasteiger partial charge is 0.310 e. The van der Waals surface area contributed by atoms with Gasteiger partial charge in [-0.25, -0.2) is 9.37 Å². The highest BCUT2D eigenvalue weighted by molar-refractivity contribution is 7.18. The van der Waals surface area contributed by atoms with Gasteiger partial charge in [0.2, 0.25) is 0 Å². The highest BCUT2D eigenvalue weighted by atomic mass is 32.1. The van der Waals surface area contributed by atoms with E-state index in [-0.39, 0.29) is 11.9 Å². The summed E-state index contributed by atoms with van der Waals surface area (Å²) in [4.78, 5) is 8.59. The average Bonchev–Trinajstić information content (AvgIpc) is 2.89. The van der Waals surface area contributed by atoms with Crippen LogP contribution in [0.5, 0.6) is 0 Å². The van der Waals surface area contributed by atoms with Gasteiger partial charge >= 0.3 is 0 Å². The minimum absolute atomic E-state index is 0.0266. The van der Waals surface area contributed by atoms with Gasteiger partial charge in [-0.15, -0.1) is 11.3 Å². The predicted octanol–water partition coefficient (Wildman–Crippen LogP) is 3.72. The third-order valence-electron chi connectivity index (χ3n) is 3.30. The molecule has 3 rings (SSSR count). The molecule has 2 heterocycles. The van der Waals surface area contributed by atoms with Crippen LogP contribution in [-0.2, 0) is 6.42 Å². The van der Waals surface area contributed by atoms with E-state index in [1.807, 2.05) is 25.1 Å². The maximum atomic E-state index is 13.4. The molecule has 0 spiro atoms. The van der Waals surface area contributed by atoms with Gasteiger partial charge in [0.1, 0.15) is 5.82 Å². The molecule has 108 valence electrons. The minimum Gasteiger partial charge on any atom is -0.310 e. The standard InChI is InChI=1S/C16H16FN3S/c1-2-19-14(11-7-12(17)10-18-9-11)8-16-20-13-5-3-4-6-15(13)21-16/h3-7,9-10,14,19H,2,8H2,1H3. The maximum Gasteiger partial charge on any atom is 0.141 e. The zero-order valence-corrected chi connectivity index (χ0v) is 12.5. The summed E-state index contributed by atoms with van der Waals surface area (Å²) in [6.07, 6.45) is 3.67. The summed E-state index contributed by atoms with van der Waals surface area (Å²) < 4.78 is 14.6. The fraction of sp³-hybridized carbons (Fsp3) is 0.250. The number of fused-ring (bicyclic) bond motifs is 1. The van der Waals surface area contributed by atoms with Crippen molar-refractivity contribution in [1.82, 2.24) is 15.3 Å². The van der Waals surface area contributed by atoms with Crippen LogP contribution in [0.3, 0.4) is 0 Å². The summed E-state index contributed by atoms with van der Waals surface area (Å²) >= 11 is 1.69. The fourth-order valence-electron chi connectivity index (χ4n) is 2.35. The molecule has 0 saturated carbocycles. The number of nitrogens with zero attached hydrogens (tertiary/aromatic N) is 2. The van der Waals surface area contributed by atoms with Crippen molar-refractivity contribution in [3.63, 3.8) is 0 Å². The number of rotatable bonds is 5. The lowest BCUT2D eigenvalue weighted by Gasteiger charge is -2.16. The summed E-state index contributed by atoms with van der Waals surface area (Å²) in [5.74, 6) is -0.306. The predicted molar refractivity (Wildman–Crippen MR) is 83.9 cm³/mol. The second kappa shape index (κ2) is 6.28. The van der Waals surface area contributed by atoms with Crippen molar-refractivity contribution in [3.05, 3.63) is 59.1 Å². The Bertz CT molecular complexity index is 708. The molecule has 0 fully saturated rings. The Morgan fingerprint density at radius 3 is 2.90 bits per heavy atom. The second-order valence-corrected chi connectivity index (χ2v) is 5.94. The SMILES string of the molecule is CCNC(Cc1nc2ccccc2s1)c1cncc(F)c1. The number of hydrogen-bond donors (Lipinski definition) is 1. The molecule has 1 N–H and O–H groups in total. The highest BCUT2D eigenvalue weighted by Gasteiger charge is 2.15. The number of likely N-dealkylation sites (N-methyl/N-ethyl adjacent to an activating group) is 1. The molecule has 0 aliphatic heterocycles. The zero-order chi connectivity index (χ0) is 14.7. The fourth-order valence-corrected chi connectivity index (χ4v) is 3.37. The number of thiazole rings is 1. The smallest absolute Gasteiger partial charge is 0.141 e. The molecule has 1 unspecified atom stereocenters. The lowest BCUT2D eigenvalue weighted by atomic mass is 10.1. The molecule has 0 aliphatic carbocycles. The van der Waals surface area contributed by atoms with Gasteiger partial charge in [-0.05, 0) is 30.3 Å². The Labute approximate surface area is 126 Å². The molecule has 0 amide bonds. The van der Waals surface area contributed by atoms with E-state index in [1.54, 1.807) is 17.5 Å². The van der Waals surface area contributed by atoms with E-state index >= 15 is 0 Å². The van der Waals surface area contributed by atoms with Gasteiger partial charge in [-0.3, -0.25) is 4.98 Å². The topological polar surface area (TPSA) is 37.8 Å². The molecular weight excluding hydrogens is 285 g/mol. The van der Waals surface area contributed by atoms with Crippen LogP contribution >= 0.6 is 11.3 Å². The average molecular weight is 301 g/mol. The maximum absolute atomic E-state index is 13.4. The number of halogens is 1. The van der Waals surface area contributed by atoms with E-state index in [9.17, 15) is 4.39 Å². The van der Waals surface area contributed by atoms with Gasteiger partial charge < -0.3 is 5.32 Å². The summed E-state index contributed by atoms with van der Waals surface area (Å²) in [6.45, 7) is 2.85. The van der Waals surface area contributed by atoms with Gasteiger partial charge in [-0.2, -0.15) is 0 Å². The molecule has 5 heteroatoms. The van der Waals surface area contributed by atoms with Crippen LogP contribution in [-0.4, -0.2) is 16.5 Å². The molecule has 2 aromatic heterocycles. The van der Waals surface area contributed by atoms with Gasteiger partial charge in [0.25, 0.3) is 0 Å². The number of benzene rings is 1. The first-order valence-corrected chi connectivity index (χ1v) is 7.76. The van der Waals surface area contributed by atoms with Crippen LogP contribution in [0.15, 0.2) is 42.7 Å². The van der Waals surface area contributed by atoms with E-state index in [1.165, 1.54) is 17.0 Å². The van der Waals surface area contributed by atoms with Gasteiger partial charge in [0.05, 0.1) is 21.4 Å². The van der Waals surface area contributed by atoms with Crippen molar-refractivity contribution in [2.45, 2.75) is 19.4 Å². The van der Waals surface area contributed by atoms with Crippen molar-refractivity contribution in [2.75, 3.05) is 6.54 Å². The number of hydrogen-bond acceptors (Lipinski definition) is 4. The molecular formula is C16H16FN3S. The molecule has 3 nitrogen and oxygen atoms in total. The number of nitrogens with one attached hydrogen (secondary N) is 1. The van der Waals surface area contributed by atoms with Crippen LogP contribution in [0.25, 0.3) is 10.2 Å². The van der Waals surface area contributed by atoms with E-state index < -0.39 is 0 Å². The summed E-state index contributed by atoms with van der Waals surface area (Å²) in [6, 6.07) is 9.66. The molecule has 3 aromatic rings. The van der Waals surface area contributed by atoms with Crippen molar-refractivity contribution in [3.8, 4) is 0 Å². The normalized spacial score (nSPS) is 12.7. The second-order valence-electron chi connectivity index (χ2n) is 4.83. The molecule has 1 atom stereocenters. The van der Waals surface area contributed by atoms with Crippen LogP contribution in [0.1, 0.15) is 23.5 Å². The Balaban J connectivity index is 1.87. The van der Waals surface area contributed by atoms with Crippen molar-refractivity contribution < 1.29 is 4.39 Å². The van der Waals surface area contributed by atoms with E-state index in [2.05, 4.69) is 21.4 Å². The lowest BCUT2D eigenvalue weighted by Crippen LogP contribution is -2.23. The lowest BCUT2D eigenvalue weighted by molar-refractivity contribution is 0.538. The first-order valence-electron chi connectivity index (χ1n) is 6.94. The van der Waals surface area contributed by atoms with Crippen LogP contribution in [0.4, 0.5) is 4.39 Å². The van der Waals surface area contributed by atoms with Crippen LogP contribution in [0, 0.1) is 5.82 Å². The third-order valence-corrected chi connectivity index (χ3v) is 4.35. The molecule has 0 bridgehead atoms. The van der Waals surface area contributed by atoms with Crippen LogP contribution < -0.4 is 5.32 Å². The van der Waals surface area contributed by atoms with E-state index in [4.69, 9.17) is 0 Å². The van der Waals surface area contributed by atoms with Crippen molar-refractivity contribution in [1.29, 1.82) is 0 Å². The Morgan fingerprint density at radius 1 is 1.29 bits per heavy atom. The van der Waals surface area contributed by atoms with Crippen molar-refractivity contribution in [2.24, 2.45) is 0 Å². The van der Waals surface area contributed by atoms with Crippen LogP contribution in [0.2, 0.25) is 0 Å². The Kier molecular flexibility index (Phi) is 4.22. The van der Waals surface area contributed by atoms with Gasteiger partial charge in [0, 0.05) is 18.7 Å². The van der Waals surface area contributed by atoms with Crippen molar-refractivity contribution >= 4 is 21.6 Å². The number of aromatic nitrogens is 2. The number of pyridine rings is 1. The zero-order valence-electron chi connectivity index (χ0n) is 11.7. The summed E-state index contributed by atoms with van der Waals surface area (Å²) in [7, 11) is 0. The molecule has 0 aliphatic rings. The molecule has 0 radical (unpaired) electrons. The Morgan fingerprint density at radius 2 is 2.14 bits per heavy atom. The first kappa shape index (κ1) is 14.1. The summed E-state index contributed by atoms with van der Waals surface area (Å²) in [5, 5.41) is 4.43. The van der Waals surface area contributed by atoms with Gasteiger partial charge in [-0.1, -0.05) is 19.1 Å². The molecule has 0 saturated heterocycles.